The second-order valence-electron chi connectivity index (χ2n) is 5.35. The van der Waals surface area contributed by atoms with Crippen LogP contribution in [0.5, 0.6) is 0 Å². The fourth-order valence-corrected chi connectivity index (χ4v) is 2.50. The number of aromatic nitrogens is 2. The summed E-state index contributed by atoms with van der Waals surface area (Å²) in [7, 11) is 0. The van der Waals surface area contributed by atoms with Gasteiger partial charge in [-0.1, -0.05) is 18.2 Å². The Bertz CT molecular complexity index is 914. The zero-order valence-electron chi connectivity index (χ0n) is 12.6. The fraction of sp³-hybridized carbons (Fsp3) is 0.176. The van der Waals surface area contributed by atoms with Crippen molar-refractivity contribution in [2.45, 2.75) is 19.2 Å². The number of aliphatic hydroxyl groups is 1. The molecule has 0 saturated carbocycles. The highest BCUT2D eigenvalue weighted by molar-refractivity contribution is 6.01. The van der Waals surface area contributed by atoms with Crippen LogP contribution < -0.4 is 0 Å². The molecule has 3 aromatic rings. The summed E-state index contributed by atoms with van der Waals surface area (Å²) in [6, 6.07) is 10.9. The standard InChI is InChI=1S/C17H13F3N2O2/c1-10(23)15-21-13-7-2-3-8-14(13)22(15)16(24)11-5-4-6-12(9-11)17(18,19)20/h2-10,23H,1H3/t10-/m0/s1. The molecule has 0 amide bonds. The third-order valence-electron chi connectivity index (χ3n) is 3.60. The van der Waals surface area contributed by atoms with Crippen molar-refractivity contribution >= 4 is 16.9 Å². The van der Waals surface area contributed by atoms with Crippen molar-refractivity contribution in [3.05, 3.63) is 65.5 Å². The van der Waals surface area contributed by atoms with Crippen molar-refractivity contribution in [2.75, 3.05) is 0 Å². The number of nitrogens with zero attached hydrogens (tertiary/aromatic N) is 2. The number of carbonyl (C=O) groups excluding carboxylic acids is 1. The number of hydrogen-bond donors (Lipinski definition) is 1. The van der Waals surface area contributed by atoms with Gasteiger partial charge in [0.15, 0.2) is 0 Å². The first kappa shape index (κ1) is 16.2. The van der Waals surface area contributed by atoms with E-state index in [4.69, 9.17) is 0 Å². The Morgan fingerprint density at radius 1 is 1.17 bits per heavy atom. The number of alkyl halides is 3. The summed E-state index contributed by atoms with van der Waals surface area (Å²) in [4.78, 5) is 17.0. The van der Waals surface area contributed by atoms with Gasteiger partial charge in [-0.05, 0) is 37.3 Å². The van der Waals surface area contributed by atoms with Crippen molar-refractivity contribution < 1.29 is 23.1 Å². The lowest BCUT2D eigenvalue weighted by molar-refractivity contribution is -0.137. The Hall–Kier alpha value is -2.67. The third kappa shape index (κ3) is 2.78. The summed E-state index contributed by atoms with van der Waals surface area (Å²) >= 11 is 0. The van der Waals surface area contributed by atoms with Gasteiger partial charge in [0.05, 0.1) is 16.6 Å². The minimum Gasteiger partial charge on any atom is -0.385 e. The highest BCUT2D eigenvalue weighted by atomic mass is 19.4. The van der Waals surface area contributed by atoms with E-state index in [1.807, 2.05) is 0 Å². The lowest BCUT2D eigenvalue weighted by Crippen LogP contribution is -2.17. The molecule has 0 unspecified atom stereocenters. The summed E-state index contributed by atoms with van der Waals surface area (Å²) in [5.74, 6) is -0.593. The molecule has 0 aliphatic carbocycles. The molecule has 4 nitrogen and oxygen atoms in total. The molecule has 1 N–H and O–H groups in total. The molecule has 0 radical (unpaired) electrons. The van der Waals surface area contributed by atoms with Crippen molar-refractivity contribution in [2.24, 2.45) is 0 Å². The van der Waals surface area contributed by atoms with E-state index in [0.29, 0.717) is 11.0 Å². The summed E-state index contributed by atoms with van der Waals surface area (Å²) < 4.78 is 39.7. The molecule has 124 valence electrons. The van der Waals surface area contributed by atoms with E-state index < -0.39 is 23.8 Å². The van der Waals surface area contributed by atoms with E-state index >= 15 is 0 Å². The molecule has 24 heavy (non-hydrogen) atoms. The molecule has 1 heterocycles. The number of aliphatic hydroxyl groups excluding tert-OH is 1. The largest absolute Gasteiger partial charge is 0.416 e. The van der Waals surface area contributed by atoms with Gasteiger partial charge in [-0.3, -0.25) is 9.36 Å². The zero-order valence-corrected chi connectivity index (χ0v) is 12.6. The number of carbonyl (C=O) groups is 1. The van der Waals surface area contributed by atoms with Crippen LogP contribution in [0, 0.1) is 0 Å². The van der Waals surface area contributed by atoms with E-state index in [9.17, 15) is 23.1 Å². The highest BCUT2D eigenvalue weighted by Crippen LogP contribution is 2.30. The van der Waals surface area contributed by atoms with E-state index in [1.54, 1.807) is 24.3 Å². The lowest BCUT2D eigenvalue weighted by Gasteiger charge is -2.11. The first-order chi connectivity index (χ1) is 11.3. The molecule has 1 aromatic heterocycles. The minimum atomic E-state index is -4.54. The minimum absolute atomic E-state index is 0.0820. The van der Waals surface area contributed by atoms with Gasteiger partial charge in [0.1, 0.15) is 11.9 Å². The predicted octanol–water partition coefficient (Wildman–Crippen LogP) is 3.80. The second-order valence-corrected chi connectivity index (χ2v) is 5.35. The first-order valence-electron chi connectivity index (χ1n) is 7.16. The monoisotopic (exact) mass is 334 g/mol. The molecule has 0 saturated heterocycles. The smallest absolute Gasteiger partial charge is 0.385 e. The van der Waals surface area contributed by atoms with Crippen molar-refractivity contribution in [1.82, 2.24) is 9.55 Å². The number of rotatable bonds is 2. The number of para-hydroxylation sites is 2. The average Bonchev–Trinajstić information content (AvgIpc) is 2.93. The van der Waals surface area contributed by atoms with Gasteiger partial charge in [0.2, 0.25) is 0 Å². The maximum absolute atomic E-state index is 12.9. The zero-order chi connectivity index (χ0) is 17.5. The topological polar surface area (TPSA) is 55.1 Å². The second kappa shape index (κ2) is 5.76. The van der Waals surface area contributed by atoms with Crippen LogP contribution >= 0.6 is 0 Å². The molecule has 1 atom stereocenters. The SMILES string of the molecule is C[C@H](O)c1nc2ccccc2n1C(=O)c1cccc(C(F)(F)F)c1. The summed E-state index contributed by atoms with van der Waals surface area (Å²) in [6.45, 7) is 1.44. The van der Waals surface area contributed by atoms with Crippen LogP contribution in [-0.2, 0) is 6.18 Å². The van der Waals surface area contributed by atoms with Gasteiger partial charge in [-0.25, -0.2) is 4.98 Å². The van der Waals surface area contributed by atoms with Crippen LogP contribution in [0.3, 0.4) is 0 Å². The molecule has 0 aliphatic heterocycles. The number of fused-ring (bicyclic) bond motifs is 1. The highest BCUT2D eigenvalue weighted by Gasteiger charge is 2.31. The van der Waals surface area contributed by atoms with Gasteiger partial charge >= 0.3 is 6.18 Å². The molecule has 0 aliphatic rings. The molecule has 3 rings (SSSR count). The van der Waals surface area contributed by atoms with Crippen LogP contribution in [0.1, 0.15) is 34.8 Å². The van der Waals surface area contributed by atoms with Gasteiger partial charge < -0.3 is 5.11 Å². The molecule has 7 heteroatoms. The van der Waals surface area contributed by atoms with Crippen molar-refractivity contribution in [1.29, 1.82) is 0 Å². The van der Waals surface area contributed by atoms with Crippen LogP contribution in [0.15, 0.2) is 48.5 Å². The number of halogens is 3. The van der Waals surface area contributed by atoms with Crippen molar-refractivity contribution in [3.63, 3.8) is 0 Å². The Morgan fingerprint density at radius 3 is 2.54 bits per heavy atom. The molecule has 0 fully saturated rings. The Balaban J connectivity index is 2.17. The van der Waals surface area contributed by atoms with Crippen molar-refractivity contribution in [3.8, 4) is 0 Å². The molecule has 0 spiro atoms. The molecule has 2 aromatic carbocycles. The summed E-state index contributed by atoms with van der Waals surface area (Å²) in [5, 5.41) is 9.87. The van der Waals surface area contributed by atoms with Crippen LogP contribution in [0.2, 0.25) is 0 Å². The predicted molar refractivity (Wildman–Crippen MR) is 81.5 cm³/mol. The fourth-order valence-electron chi connectivity index (χ4n) is 2.50. The summed E-state index contributed by atoms with van der Waals surface area (Å²) in [6.07, 6.45) is -5.59. The normalized spacial score (nSPS) is 13.2. The van der Waals surface area contributed by atoms with Gasteiger partial charge in [0.25, 0.3) is 5.91 Å². The third-order valence-corrected chi connectivity index (χ3v) is 3.60. The molecule has 0 bridgehead atoms. The molecular formula is C17H13F3N2O2. The van der Waals surface area contributed by atoms with E-state index in [2.05, 4.69) is 4.98 Å². The van der Waals surface area contributed by atoms with E-state index in [-0.39, 0.29) is 11.4 Å². The Labute approximate surface area is 135 Å². The van der Waals surface area contributed by atoms with E-state index in [0.717, 1.165) is 16.7 Å². The van der Waals surface area contributed by atoms with E-state index in [1.165, 1.54) is 19.1 Å². The van der Waals surface area contributed by atoms with Crippen LogP contribution in [0.4, 0.5) is 13.2 Å². The molecular weight excluding hydrogens is 321 g/mol. The average molecular weight is 334 g/mol. The van der Waals surface area contributed by atoms with Gasteiger partial charge in [0, 0.05) is 5.56 Å². The van der Waals surface area contributed by atoms with Crippen LogP contribution in [-0.4, -0.2) is 20.6 Å². The number of hydrogen-bond acceptors (Lipinski definition) is 3. The first-order valence-corrected chi connectivity index (χ1v) is 7.16. The number of imidazole rings is 1. The summed E-state index contributed by atoms with van der Waals surface area (Å²) in [5.41, 5.74) is -0.129. The maximum atomic E-state index is 12.9. The Kier molecular flexibility index (Phi) is 3.88. The van der Waals surface area contributed by atoms with Crippen LogP contribution in [0.25, 0.3) is 11.0 Å². The lowest BCUT2D eigenvalue weighted by atomic mass is 10.1. The number of benzene rings is 2. The van der Waals surface area contributed by atoms with Gasteiger partial charge in [-0.2, -0.15) is 13.2 Å². The maximum Gasteiger partial charge on any atom is 0.416 e. The Morgan fingerprint density at radius 2 is 1.88 bits per heavy atom. The quantitative estimate of drug-likeness (QED) is 0.776. The van der Waals surface area contributed by atoms with Gasteiger partial charge in [-0.15, -0.1) is 0 Å².